The zero-order chi connectivity index (χ0) is 23.3. The van der Waals surface area contributed by atoms with Crippen LogP contribution in [0.4, 0.5) is 11.4 Å². The second-order valence-corrected chi connectivity index (χ2v) is 7.34. The monoisotopic (exact) mass is 441 g/mol. The molecule has 0 amide bonds. The van der Waals surface area contributed by atoms with Crippen LogP contribution in [-0.4, -0.2) is 57.8 Å². The average Bonchev–Trinajstić information content (AvgIpc) is 2.81. The molecule has 0 bridgehead atoms. The summed E-state index contributed by atoms with van der Waals surface area (Å²) in [5.41, 5.74) is 8.38. The summed E-state index contributed by atoms with van der Waals surface area (Å²) in [4.78, 5) is 37.8. The lowest BCUT2D eigenvalue weighted by Crippen LogP contribution is -2.33. The highest BCUT2D eigenvalue weighted by Gasteiger charge is 2.24. The molecule has 32 heavy (non-hydrogen) atoms. The van der Waals surface area contributed by atoms with Crippen molar-refractivity contribution in [2.24, 2.45) is 5.73 Å². The molecule has 0 radical (unpaired) electrons. The van der Waals surface area contributed by atoms with Crippen LogP contribution in [0.5, 0.6) is 17.2 Å². The van der Waals surface area contributed by atoms with E-state index in [1.807, 2.05) is 0 Å². The van der Waals surface area contributed by atoms with E-state index >= 15 is 0 Å². The molecule has 1 aliphatic rings. The third-order valence-electron chi connectivity index (χ3n) is 5.19. The zero-order valence-corrected chi connectivity index (χ0v) is 18.3. The first-order chi connectivity index (χ1) is 15.4. The van der Waals surface area contributed by atoms with Crippen molar-refractivity contribution < 1.29 is 28.6 Å². The quantitative estimate of drug-likeness (QED) is 0.376. The highest BCUT2D eigenvalue weighted by molar-refractivity contribution is 6.10. The van der Waals surface area contributed by atoms with Crippen LogP contribution >= 0.6 is 0 Å². The number of carbonyl (C=O) groups excluding carboxylic acids is 3. The Morgan fingerprint density at radius 3 is 2.12 bits per heavy atom. The number of Topliss-reactive ketones (excluding diaryl/α,β-unsaturated/α-hetero) is 3. The Kier molecular flexibility index (Phi) is 7.32. The van der Waals surface area contributed by atoms with Gasteiger partial charge in [0.2, 0.25) is 5.75 Å². The number of nitrogens with two attached hydrogens (primary N) is 1. The van der Waals surface area contributed by atoms with Gasteiger partial charge in [0.05, 0.1) is 45.2 Å². The van der Waals surface area contributed by atoms with Gasteiger partial charge < -0.3 is 30.6 Å². The molecule has 3 rings (SSSR count). The Bertz CT molecular complexity index is 1010. The number of nitrogens with one attached hydrogen (secondary N) is 2. The minimum atomic E-state index is -1.10. The minimum absolute atomic E-state index is 0.222. The lowest BCUT2D eigenvalue weighted by atomic mass is 9.96. The average molecular weight is 441 g/mol. The van der Waals surface area contributed by atoms with Gasteiger partial charge in [-0.25, -0.2) is 0 Å². The molecule has 0 saturated heterocycles. The molecule has 170 valence electrons. The molecule has 0 aliphatic carbocycles. The number of fused-ring (bicyclic) bond motifs is 1. The summed E-state index contributed by atoms with van der Waals surface area (Å²) in [7, 11) is 4.33. The highest BCUT2D eigenvalue weighted by atomic mass is 16.5. The van der Waals surface area contributed by atoms with E-state index in [1.165, 1.54) is 33.5 Å². The number of methoxy groups -OCH3 is 3. The predicted molar refractivity (Wildman–Crippen MR) is 120 cm³/mol. The summed E-state index contributed by atoms with van der Waals surface area (Å²) < 4.78 is 15.8. The molecule has 1 heterocycles. The summed E-state index contributed by atoms with van der Waals surface area (Å²) >= 11 is 0. The van der Waals surface area contributed by atoms with Crippen molar-refractivity contribution >= 4 is 28.7 Å². The van der Waals surface area contributed by atoms with Crippen LogP contribution in [0.25, 0.3) is 0 Å². The standard InChI is InChI=1S/C23H27N3O6/c1-30-20-9-14(10-21(31-2)23(20)32-3)22(29)16(24)11-15(27)12-19(28)13-4-5-17-18(8-13)26-7-6-25-17/h4-5,8-10,16,25-26H,6-7,11-12,24H2,1-3H3. The first-order valence-corrected chi connectivity index (χ1v) is 10.1. The van der Waals surface area contributed by atoms with Crippen molar-refractivity contribution in [1.82, 2.24) is 0 Å². The Labute approximate surface area is 186 Å². The van der Waals surface area contributed by atoms with E-state index in [4.69, 9.17) is 19.9 Å². The molecule has 9 heteroatoms. The van der Waals surface area contributed by atoms with Gasteiger partial charge in [-0.15, -0.1) is 0 Å². The molecule has 9 nitrogen and oxygen atoms in total. The summed E-state index contributed by atoms with van der Waals surface area (Å²) in [6.07, 6.45) is -0.589. The number of carbonyl (C=O) groups is 3. The Morgan fingerprint density at radius 1 is 0.906 bits per heavy atom. The number of anilines is 2. The largest absolute Gasteiger partial charge is 0.493 e. The summed E-state index contributed by atoms with van der Waals surface area (Å²) in [6.45, 7) is 1.55. The van der Waals surface area contributed by atoms with Crippen LogP contribution in [0.2, 0.25) is 0 Å². The molecule has 4 N–H and O–H groups in total. The van der Waals surface area contributed by atoms with E-state index in [-0.39, 0.29) is 24.2 Å². The molecule has 0 aromatic heterocycles. The zero-order valence-electron chi connectivity index (χ0n) is 18.3. The van der Waals surface area contributed by atoms with Gasteiger partial charge in [0.25, 0.3) is 0 Å². The van der Waals surface area contributed by atoms with E-state index in [1.54, 1.807) is 18.2 Å². The maximum absolute atomic E-state index is 12.8. The Morgan fingerprint density at radius 2 is 1.53 bits per heavy atom. The number of rotatable bonds is 10. The number of benzene rings is 2. The third kappa shape index (κ3) is 5.00. The van der Waals surface area contributed by atoms with Crippen molar-refractivity contribution in [1.29, 1.82) is 0 Å². The SMILES string of the molecule is COc1cc(C(=O)C(N)CC(=O)CC(=O)c2ccc3c(c2)NCCN3)cc(OC)c1OC. The second kappa shape index (κ2) is 10.1. The van der Waals surface area contributed by atoms with Gasteiger partial charge in [-0.2, -0.15) is 0 Å². The van der Waals surface area contributed by atoms with Gasteiger partial charge in [0.1, 0.15) is 5.78 Å². The molecular formula is C23H27N3O6. The predicted octanol–water partition coefficient (Wildman–Crippen LogP) is 2.29. The lowest BCUT2D eigenvalue weighted by Gasteiger charge is -2.20. The maximum Gasteiger partial charge on any atom is 0.203 e. The van der Waals surface area contributed by atoms with Crippen molar-refractivity contribution in [3.63, 3.8) is 0 Å². The molecule has 0 spiro atoms. The third-order valence-corrected chi connectivity index (χ3v) is 5.19. The molecule has 0 fully saturated rings. The second-order valence-electron chi connectivity index (χ2n) is 7.34. The number of ether oxygens (including phenoxy) is 3. The smallest absolute Gasteiger partial charge is 0.203 e. The minimum Gasteiger partial charge on any atom is -0.493 e. The van der Waals surface area contributed by atoms with Crippen molar-refractivity contribution in [2.75, 3.05) is 45.1 Å². The van der Waals surface area contributed by atoms with Crippen LogP contribution < -0.4 is 30.6 Å². The molecule has 1 atom stereocenters. The van der Waals surface area contributed by atoms with E-state index in [0.29, 0.717) is 22.8 Å². The van der Waals surface area contributed by atoms with E-state index < -0.39 is 17.6 Å². The fourth-order valence-corrected chi connectivity index (χ4v) is 3.54. The van der Waals surface area contributed by atoms with Gasteiger partial charge in [0.15, 0.2) is 23.1 Å². The van der Waals surface area contributed by atoms with Gasteiger partial charge in [-0.05, 0) is 30.3 Å². The number of ketones is 3. The molecule has 2 aromatic rings. The first kappa shape index (κ1) is 23.1. The van der Waals surface area contributed by atoms with Gasteiger partial charge in [-0.3, -0.25) is 14.4 Å². The highest BCUT2D eigenvalue weighted by Crippen LogP contribution is 2.38. The van der Waals surface area contributed by atoms with Crippen LogP contribution in [0, 0.1) is 0 Å². The normalized spacial score (nSPS) is 13.1. The molecule has 0 saturated carbocycles. The van der Waals surface area contributed by atoms with E-state index in [2.05, 4.69) is 10.6 Å². The maximum atomic E-state index is 12.8. The van der Waals surface area contributed by atoms with Crippen molar-refractivity contribution in [2.45, 2.75) is 18.9 Å². The van der Waals surface area contributed by atoms with Crippen LogP contribution in [-0.2, 0) is 4.79 Å². The molecule has 1 unspecified atom stereocenters. The van der Waals surface area contributed by atoms with Gasteiger partial charge in [-0.1, -0.05) is 0 Å². The summed E-state index contributed by atoms with van der Waals surface area (Å²) in [5.74, 6) is -0.242. The Hall–Kier alpha value is -3.59. The van der Waals surface area contributed by atoms with Crippen LogP contribution in [0.15, 0.2) is 30.3 Å². The molecule has 2 aromatic carbocycles. The van der Waals surface area contributed by atoms with E-state index in [0.717, 1.165) is 24.5 Å². The first-order valence-electron chi connectivity index (χ1n) is 10.1. The fourth-order valence-electron chi connectivity index (χ4n) is 3.54. The Balaban J connectivity index is 1.66. The van der Waals surface area contributed by atoms with Crippen molar-refractivity contribution in [3.05, 3.63) is 41.5 Å². The summed E-state index contributed by atoms with van der Waals surface area (Å²) in [6, 6.07) is 7.06. The van der Waals surface area contributed by atoms with Crippen molar-refractivity contribution in [3.8, 4) is 17.2 Å². The topological polar surface area (TPSA) is 129 Å². The fraction of sp³-hybridized carbons (Fsp3) is 0.348. The van der Waals surface area contributed by atoms with Gasteiger partial charge >= 0.3 is 0 Å². The number of hydrogen-bond acceptors (Lipinski definition) is 9. The van der Waals surface area contributed by atoms with Gasteiger partial charge in [0, 0.05) is 30.6 Å². The summed E-state index contributed by atoms with van der Waals surface area (Å²) in [5, 5.41) is 6.44. The molecular weight excluding hydrogens is 414 g/mol. The van der Waals surface area contributed by atoms with Crippen LogP contribution in [0.1, 0.15) is 33.6 Å². The van der Waals surface area contributed by atoms with Crippen LogP contribution in [0.3, 0.4) is 0 Å². The molecule has 1 aliphatic heterocycles. The number of hydrogen-bond donors (Lipinski definition) is 3. The van der Waals surface area contributed by atoms with E-state index in [9.17, 15) is 14.4 Å². The lowest BCUT2D eigenvalue weighted by molar-refractivity contribution is -0.118.